The second-order valence-corrected chi connectivity index (χ2v) is 20.8. The topological polar surface area (TPSA) is 212 Å². The van der Waals surface area contributed by atoms with Crippen molar-refractivity contribution >= 4 is 142 Å². The molecule has 0 aliphatic rings. The predicted octanol–water partition coefficient (Wildman–Crippen LogP) is 15.6. The largest absolute Gasteiger partial charge is 0.672 e. The maximum Gasteiger partial charge on any atom is 0.0789 e. The van der Waals surface area contributed by atoms with Crippen LogP contribution in [-0.4, -0.2) is 55.7 Å². The van der Waals surface area contributed by atoms with E-state index >= 15 is 0 Å². The van der Waals surface area contributed by atoms with Gasteiger partial charge in [-0.1, -0.05) is 145 Å². The minimum absolute atomic E-state index is 0.193. The van der Waals surface area contributed by atoms with Crippen LogP contribution in [0.1, 0.15) is 22.6 Å². The van der Waals surface area contributed by atoms with E-state index in [1.165, 1.54) is 21.9 Å². The second-order valence-electron chi connectivity index (χ2n) is 12.9. The molecule has 9 aromatic rings. The third-order valence-electron chi connectivity index (χ3n) is 9.18. The summed E-state index contributed by atoms with van der Waals surface area (Å²) in [6.45, 7) is 22.2. The van der Waals surface area contributed by atoms with E-state index in [0.717, 1.165) is 66.5 Å². The first-order valence-electron chi connectivity index (χ1n) is 19.9. The number of benzene rings is 6. The summed E-state index contributed by atoms with van der Waals surface area (Å²) in [6.07, 6.45) is 0. The number of nitrogens with zero attached hydrogens (tertiary/aromatic N) is 3. The van der Waals surface area contributed by atoms with Gasteiger partial charge in [0.25, 0.3) is 0 Å². The summed E-state index contributed by atoms with van der Waals surface area (Å²) < 4.78 is 0. The third-order valence-corrected chi connectivity index (χ3v) is 9.18. The van der Waals surface area contributed by atoms with Gasteiger partial charge in [0, 0.05) is 44.2 Å². The predicted molar refractivity (Wildman–Crippen MR) is 298 cm³/mol. The molecule has 0 radical (unpaired) electrons. The van der Waals surface area contributed by atoms with E-state index < -0.39 is 0 Å². The number of aromatic nitrogens is 3. The number of halogens is 6. The van der Waals surface area contributed by atoms with Crippen LogP contribution >= 0.6 is 58.1 Å². The number of fused-ring (bicyclic) bond motifs is 6. The molecule has 21 heteroatoms. The number of rotatable bonds is 5. The molecular formula is C53H45Cl6N6O6Ru3-9. The van der Waals surface area contributed by atoms with Gasteiger partial charge in [-0.25, -0.2) is 0 Å². The van der Waals surface area contributed by atoms with E-state index in [2.05, 4.69) is 143 Å². The zero-order valence-electron chi connectivity index (χ0n) is 38.8. The molecule has 0 fully saturated rings. The third kappa shape index (κ3) is 26.2. The smallest absolute Gasteiger partial charge is 0.0789 e. The van der Waals surface area contributed by atoms with Crippen molar-refractivity contribution in [2.45, 2.75) is 26.6 Å². The molecule has 0 amide bonds. The minimum Gasteiger partial charge on any atom is -0.672 e. The maximum atomic E-state index is 7.75. The van der Waals surface area contributed by atoms with Crippen LogP contribution in [0.5, 0.6) is 0 Å². The molecule has 3 aromatic heterocycles. The number of hydrogen-bond donors (Lipinski definition) is 0. The average Bonchev–Trinajstić information content (AvgIpc) is 3.49. The Balaban J connectivity index is -0.000000873. The Kier molecular flexibility index (Phi) is 48.9. The zero-order valence-corrected chi connectivity index (χ0v) is 48.5. The van der Waals surface area contributed by atoms with E-state index in [9.17, 15) is 0 Å². The Morgan fingerprint density at radius 3 is 1.28 bits per heavy atom. The van der Waals surface area contributed by atoms with Crippen molar-refractivity contribution in [2.24, 2.45) is 0 Å². The van der Waals surface area contributed by atoms with Gasteiger partial charge in [-0.05, 0) is 53.1 Å². The number of aryl methyl sites for hydroxylation is 1. The maximum absolute atomic E-state index is 7.75. The van der Waals surface area contributed by atoms with Gasteiger partial charge >= 0.3 is 104 Å². The molecule has 0 atom stereocenters. The summed E-state index contributed by atoms with van der Waals surface area (Å²) in [4.78, 5) is 60.2. The zero-order chi connectivity index (χ0) is 56.7. The standard InChI is InChI=1S/C20H15N2.C14H11N2.C13H13N2.6CHO.6ClH.3Ru/c21-13-16-12-19(14-6-2-1-3-7-14)18-11-10-15-8-4-5-9-17(15)20(18)22-16;15-9-12-8-7-11-6-5-10-3-1-2-4-13(10)14(11)16-12;1-10-5-7-11(8-6-10)13-4-2-3-12(9-14)15-13;6*1-2;;;;;;;;;/h1-12,21H,13H2;1-8,15H,9H2;2-8,14H,9H2,1H3;6*1H;6*1H;;;/q9*-1;;;;;;;3*+2/p-6. The first kappa shape index (κ1) is 73.6. The van der Waals surface area contributed by atoms with Gasteiger partial charge in [-0.3, -0.25) is 55.7 Å². The normalized spacial score (nSPS) is 9.00. The molecular weight excluding hydrogens is 1330 g/mol. The van der Waals surface area contributed by atoms with E-state index in [1.807, 2.05) is 78.9 Å². The molecule has 0 saturated heterocycles. The van der Waals surface area contributed by atoms with Crippen LogP contribution in [0.3, 0.4) is 0 Å². The van der Waals surface area contributed by atoms with Crippen LogP contribution in [0, 0.1) is 6.92 Å². The number of nitrogens with one attached hydrogen (secondary N) is 3. The number of pyridine rings is 3. The minimum atomic E-state index is -0.346. The molecule has 0 saturated carbocycles. The Bertz CT molecular complexity index is 2860. The molecule has 3 N–H and O–H groups in total. The van der Waals surface area contributed by atoms with Gasteiger partial charge in [-0.2, -0.15) is 0 Å². The van der Waals surface area contributed by atoms with Gasteiger partial charge in [0.05, 0.1) is 16.7 Å². The molecule has 398 valence electrons. The first-order chi connectivity index (χ1) is 36.3. The Hall–Kier alpha value is -4.68. The van der Waals surface area contributed by atoms with Gasteiger partial charge < -0.3 is 46.0 Å². The quantitative estimate of drug-likeness (QED) is 0.0693. The van der Waals surface area contributed by atoms with Crippen molar-refractivity contribution < 1.29 is 74.2 Å². The van der Waals surface area contributed by atoms with E-state index in [4.69, 9.17) is 109 Å². The van der Waals surface area contributed by atoms with Crippen LogP contribution in [-0.2, 0) is 93.8 Å². The number of carbonyl (C=O) groups excluding carboxylic acids is 6. The van der Waals surface area contributed by atoms with Crippen molar-refractivity contribution in [3.63, 3.8) is 0 Å². The molecule has 6 aromatic carbocycles. The van der Waals surface area contributed by atoms with Crippen LogP contribution in [0.25, 0.3) is 82.9 Å². The monoisotopic (exact) mass is 1380 g/mol. The van der Waals surface area contributed by atoms with Crippen LogP contribution < -0.4 is 0 Å². The second kappa shape index (κ2) is 49.2. The summed E-state index contributed by atoms with van der Waals surface area (Å²) in [7, 11) is 29.1. The SMILES string of the molecule is Cc1ccc(-c2cccc(C[NH-])n2)cc1.[CH-]=O.[CH-]=O.[CH-]=O.[CH-]=O.[CH-]=O.[CH-]=O.[Cl][Ru][Cl].[Cl][Ru][Cl].[Cl][Ru][Cl].[NH-]Cc1cc(-c2ccccc2)c2ccc3ccccc3c2n1.[NH-]Cc1ccc2ccc3ccccc3c2n1. The molecule has 0 spiro atoms. The molecule has 0 unspecified atom stereocenters. The Morgan fingerprint density at radius 2 is 0.784 bits per heavy atom. The summed E-state index contributed by atoms with van der Waals surface area (Å²) in [5.74, 6) is 0. The molecule has 0 aliphatic heterocycles. The van der Waals surface area contributed by atoms with Crippen molar-refractivity contribution in [1.82, 2.24) is 15.0 Å². The molecule has 0 aliphatic carbocycles. The van der Waals surface area contributed by atoms with Crippen molar-refractivity contribution in [2.75, 3.05) is 0 Å². The van der Waals surface area contributed by atoms with Gasteiger partial charge in [0.2, 0.25) is 0 Å². The fourth-order valence-corrected chi connectivity index (χ4v) is 6.42. The summed E-state index contributed by atoms with van der Waals surface area (Å²) >= 11 is -1.04. The Morgan fingerprint density at radius 1 is 0.378 bits per heavy atom. The molecule has 9 rings (SSSR count). The molecule has 12 nitrogen and oxygen atoms in total. The van der Waals surface area contributed by atoms with Gasteiger partial charge in [0.1, 0.15) is 0 Å². The van der Waals surface area contributed by atoms with Crippen molar-refractivity contribution in [3.8, 4) is 22.4 Å². The van der Waals surface area contributed by atoms with E-state index in [1.54, 1.807) is 0 Å². The molecule has 74 heavy (non-hydrogen) atoms. The summed E-state index contributed by atoms with van der Waals surface area (Å²) in [5.41, 5.74) is 32.4. The van der Waals surface area contributed by atoms with Gasteiger partial charge in [0.15, 0.2) is 0 Å². The van der Waals surface area contributed by atoms with Crippen LogP contribution in [0.15, 0.2) is 164 Å². The number of hydrogen-bond acceptors (Lipinski definition) is 9. The summed E-state index contributed by atoms with van der Waals surface area (Å²) in [5, 5.41) is 6.97. The first-order valence-corrected chi connectivity index (χ1v) is 33.3. The average molecular weight is 1380 g/mol. The van der Waals surface area contributed by atoms with Crippen LogP contribution in [0.2, 0.25) is 0 Å². The fourth-order valence-electron chi connectivity index (χ4n) is 6.42. The van der Waals surface area contributed by atoms with Crippen molar-refractivity contribution in [3.05, 3.63) is 204 Å². The van der Waals surface area contributed by atoms with Crippen molar-refractivity contribution in [1.29, 1.82) is 0 Å². The summed E-state index contributed by atoms with van der Waals surface area (Å²) in [6, 6.07) is 55.4. The molecule has 0 bridgehead atoms. The Labute approximate surface area is 479 Å². The van der Waals surface area contributed by atoms with E-state index in [0.29, 0.717) is 0 Å². The fraction of sp³-hybridized carbons (Fsp3) is 0.0755. The van der Waals surface area contributed by atoms with Gasteiger partial charge in [-0.15, -0.1) is 19.6 Å². The van der Waals surface area contributed by atoms with E-state index in [-0.39, 0.29) is 65.1 Å². The van der Waals surface area contributed by atoms with Crippen LogP contribution in [0.4, 0.5) is 0 Å². The molecule has 3 heterocycles.